The van der Waals surface area contributed by atoms with E-state index in [1.807, 2.05) is 6.07 Å². The van der Waals surface area contributed by atoms with Gasteiger partial charge in [0.2, 0.25) is 0 Å². The molecule has 33 heavy (non-hydrogen) atoms. The Bertz CT molecular complexity index is 1240. The third kappa shape index (κ3) is 4.93. The van der Waals surface area contributed by atoms with Gasteiger partial charge in [0.15, 0.2) is 0 Å². The van der Waals surface area contributed by atoms with Crippen molar-refractivity contribution in [2.45, 2.75) is 55.1 Å². The number of halogens is 1. The summed E-state index contributed by atoms with van der Waals surface area (Å²) in [6, 6.07) is 8.80. The van der Waals surface area contributed by atoms with Gasteiger partial charge in [0, 0.05) is 13.2 Å². The number of hydrogen-bond donors (Lipinski definition) is 2. The average molecular weight is 491 g/mol. The predicted octanol–water partition coefficient (Wildman–Crippen LogP) is 4.53. The summed E-state index contributed by atoms with van der Waals surface area (Å²) in [5, 5.41) is 18.9. The van der Waals surface area contributed by atoms with Gasteiger partial charge in [0.05, 0.1) is 32.8 Å². The molecule has 2 fully saturated rings. The average Bonchev–Trinajstić information content (AvgIpc) is 3.53. The Kier molecular flexibility index (Phi) is 6.52. The predicted molar refractivity (Wildman–Crippen MR) is 121 cm³/mol. The molecule has 2 atom stereocenters. The lowest BCUT2D eigenvalue weighted by Gasteiger charge is -2.23. The first-order valence-corrected chi connectivity index (χ1v) is 12.4. The number of rotatable bonds is 8. The standard InChI is InChI=1S/C23H23ClN2O6S/c1-31-19-3-2-4-20(19)32-21-11-17(24)15(12-25)9-18(21)26-33(29,30)22-10-14(23(27)28)7-8-16(22)13-5-6-13/h7-11,13,19-20,26H,2-6H2,1H3,(H,27,28). The smallest absolute Gasteiger partial charge is 0.335 e. The zero-order valence-corrected chi connectivity index (χ0v) is 19.4. The van der Waals surface area contributed by atoms with Crippen molar-refractivity contribution >= 4 is 33.3 Å². The van der Waals surface area contributed by atoms with Gasteiger partial charge in [0.1, 0.15) is 17.9 Å². The minimum absolute atomic E-state index is 0.0557. The summed E-state index contributed by atoms with van der Waals surface area (Å²) < 4.78 is 40.9. The van der Waals surface area contributed by atoms with Crippen LogP contribution in [0.5, 0.6) is 5.75 Å². The first-order valence-electron chi connectivity index (χ1n) is 10.6. The number of nitrogens with zero attached hydrogens (tertiary/aromatic N) is 1. The zero-order valence-electron chi connectivity index (χ0n) is 17.9. The molecule has 0 radical (unpaired) electrons. The molecule has 2 saturated carbocycles. The number of ether oxygens (including phenoxy) is 2. The van der Waals surface area contributed by atoms with Gasteiger partial charge in [-0.25, -0.2) is 13.2 Å². The van der Waals surface area contributed by atoms with Crippen LogP contribution in [0.3, 0.4) is 0 Å². The first kappa shape index (κ1) is 23.4. The highest BCUT2D eigenvalue weighted by atomic mass is 35.5. The summed E-state index contributed by atoms with van der Waals surface area (Å²) in [6.07, 6.45) is 3.69. The van der Waals surface area contributed by atoms with Crippen LogP contribution in [0.1, 0.15) is 59.5 Å². The molecule has 2 aromatic carbocycles. The minimum atomic E-state index is -4.20. The van der Waals surface area contributed by atoms with E-state index in [9.17, 15) is 23.6 Å². The second-order valence-corrected chi connectivity index (χ2v) is 10.3. The van der Waals surface area contributed by atoms with E-state index in [-0.39, 0.29) is 50.6 Å². The normalized spacial score (nSPS) is 20.3. The third-order valence-electron chi connectivity index (χ3n) is 5.97. The lowest BCUT2D eigenvalue weighted by atomic mass is 10.1. The molecule has 0 saturated heterocycles. The fourth-order valence-electron chi connectivity index (χ4n) is 4.11. The zero-order chi connectivity index (χ0) is 23.8. The van der Waals surface area contributed by atoms with E-state index in [2.05, 4.69) is 4.72 Å². The second kappa shape index (κ2) is 9.21. The van der Waals surface area contributed by atoms with E-state index in [1.54, 1.807) is 13.2 Å². The van der Waals surface area contributed by atoms with Gasteiger partial charge < -0.3 is 14.6 Å². The van der Waals surface area contributed by atoms with Crippen molar-refractivity contribution in [2.24, 2.45) is 0 Å². The first-order chi connectivity index (χ1) is 15.7. The quantitative estimate of drug-likeness (QED) is 0.556. The molecule has 10 heteroatoms. The molecule has 0 spiro atoms. The summed E-state index contributed by atoms with van der Waals surface area (Å²) in [7, 11) is -2.60. The largest absolute Gasteiger partial charge is 0.485 e. The van der Waals surface area contributed by atoms with E-state index < -0.39 is 16.0 Å². The maximum atomic E-state index is 13.4. The summed E-state index contributed by atoms with van der Waals surface area (Å²) in [6.45, 7) is 0. The topological polar surface area (TPSA) is 126 Å². The highest BCUT2D eigenvalue weighted by molar-refractivity contribution is 7.92. The van der Waals surface area contributed by atoms with Crippen LogP contribution in [0.15, 0.2) is 35.2 Å². The Labute approximate surface area is 197 Å². The van der Waals surface area contributed by atoms with E-state index in [0.717, 1.165) is 38.2 Å². The molecule has 2 aliphatic rings. The van der Waals surface area contributed by atoms with Crippen LogP contribution in [0.4, 0.5) is 5.69 Å². The number of carbonyl (C=O) groups is 1. The lowest BCUT2D eigenvalue weighted by Crippen LogP contribution is -2.28. The van der Waals surface area contributed by atoms with Crippen LogP contribution in [-0.2, 0) is 14.8 Å². The van der Waals surface area contributed by atoms with Crippen LogP contribution in [0.25, 0.3) is 0 Å². The lowest BCUT2D eigenvalue weighted by molar-refractivity contribution is 0.0232. The number of sulfonamides is 1. The molecule has 2 unspecified atom stereocenters. The fourth-order valence-corrected chi connectivity index (χ4v) is 5.69. The molecular weight excluding hydrogens is 468 g/mol. The molecular formula is C23H23ClN2O6S. The number of nitriles is 1. The van der Waals surface area contributed by atoms with Crippen molar-refractivity contribution in [2.75, 3.05) is 11.8 Å². The van der Waals surface area contributed by atoms with E-state index in [4.69, 9.17) is 21.1 Å². The van der Waals surface area contributed by atoms with Crippen LogP contribution < -0.4 is 9.46 Å². The maximum Gasteiger partial charge on any atom is 0.335 e. The highest BCUT2D eigenvalue weighted by Gasteiger charge is 2.33. The van der Waals surface area contributed by atoms with Crippen molar-refractivity contribution in [3.8, 4) is 11.8 Å². The van der Waals surface area contributed by atoms with Crippen LogP contribution in [0, 0.1) is 11.3 Å². The van der Waals surface area contributed by atoms with E-state index in [0.29, 0.717) is 5.56 Å². The van der Waals surface area contributed by atoms with Crippen molar-refractivity contribution in [3.05, 3.63) is 52.0 Å². The summed E-state index contributed by atoms with van der Waals surface area (Å²) >= 11 is 6.20. The van der Waals surface area contributed by atoms with Crippen molar-refractivity contribution in [1.82, 2.24) is 0 Å². The van der Waals surface area contributed by atoms with Crippen molar-refractivity contribution in [1.29, 1.82) is 5.26 Å². The molecule has 4 rings (SSSR count). The van der Waals surface area contributed by atoms with Gasteiger partial charge in [-0.15, -0.1) is 0 Å². The van der Waals surface area contributed by atoms with Crippen molar-refractivity contribution < 1.29 is 27.8 Å². The van der Waals surface area contributed by atoms with Crippen molar-refractivity contribution in [3.63, 3.8) is 0 Å². The summed E-state index contributed by atoms with van der Waals surface area (Å²) in [5.74, 6) is -0.974. The second-order valence-electron chi connectivity index (χ2n) is 8.24. The van der Waals surface area contributed by atoms with Gasteiger partial charge in [-0.05, 0) is 61.8 Å². The fraction of sp³-hybridized carbons (Fsp3) is 0.391. The molecule has 0 aromatic heterocycles. The van der Waals surface area contributed by atoms with Gasteiger partial charge in [-0.2, -0.15) is 5.26 Å². The number of aromatic carboxylic acids is 1. The molecule has 0 heterocycles. The van der Waals surface area contributed by atoms with Crippen LogP contribution in [-0.4, -0.2) is 38.8 Å². The number of hydrogen-bond acceptors (Lipinski definition) is 6. The molecule has 0 amide bonds. The van der Waals surface area contributed by atoms with Crippen LogP contribution >= 0.6 is 11.6 Å². The SMILES string of the molecule is COC1CCCC1Oc1cc(Cl)c(C#N)cc1NS(=O)(=O)c1cc(C(=O)O)ccc1C1CC1. The Morgan fingerprint density at radius 2 is 1.91 bits per heavy atom. The number of methoxy groups -OCH3 is 1. The molecule has 2 aromatic rings. The Balaban J connectivity index is 1.74. The third-order valence-corrected chi connectivity index (χ3v) is 7.71. The maximum absolute atomic E-state index is 13.4. The highest BCUT2D eigenvalue weighted by Crippen LogP contribution is 2.44. The van der Waals surface area contributed by atoms with E-state index in [1.165, 1.54) is 18.2 Å². The number of benzene rings is 2. The number of carboxylic acid groups (broad SMARTS) is 1. The number of carboxylic acids is 1. The van der Waals surface area contributed by atoms with Gasteiger partial charge >= 0.3 is 5.97 Å². The Morgan fingerprint density at radius 1 is 1.18 bits per heavy atom. The Morgan fingerprint density at radius 3 is 2.55 bits per heavy atom. The monoisotopic (exact) mass is 490 g/mol. The minimum Gasteiger partial charge on any atom is -0.485 e. The molecule has 174 valence electrons. The molecule has 8 nitrogen and oxygen atoms in total. The Hall–Kier alpha value is -2.80. The van der Waals surface area contributed by atoms with Gasteiger partial charge in [-0.3, -0.25) is 4.72 Å². The van der Waals surface area contributed by atoms with Crippen LogP contribution in [0.2, 0.25) is 5.02 Å². The molecule has 0 bridgehead atoms. The number of anilines is 1. The van der Waals surface area contributed by atoms with E-state index >= 15 is 0 Å². The summed E-state index contributed by atoms with van der Waals surface area (Å²) in [4.78, 5) is 11.4. The van der Waals surface area contributed by atoms with Gasteiger partial charge in [-0.1, -0.05) is 17.7 Å². The molecule has 0 aliphatic heterocycles. The molecule has 2 N–H and O–H groups in total. The molecule has 2 aliphatic carbocycles. The van der Waals surface area contributed by atoms with Gasteiger partial charge in [0.25, 0.3) is 10.0 Å². The number of nitrogens with one attached hydrogen (secondary N) is 1. The summed E-state index contributed by atoms with van der Waals surface area (Å²) in [5.41, 5.74) is 0.581.